The second kappa shape index (κ2) is 9.17. The Morgan fingerprint density at radius 1 is 1.35 bits per heavy atom. The highest BCUT2D eigenvalue weighted by molar-refractivity contribution is 5.68. The molecule has 0 saturated carbocycles. The number of hydrogen-bond acceptors (Lipinski definition) is 5. The molecule has 20 heavy (non-hydrogen) atoms. The third-order valence-corrected chi connectivity index (χ3v) is 2.64. The van der Waals surface area contributed by atoms with Gasteiger partial charge in [0.05, 0.1) is 7.11 Å². The van der Waals surface area contributed by atoms with Crippen molar-refractivity contribution in [2.75, 3.05) is 34.0 Å². The van der Waals surface area contributed by atoms with Crippen LogP contribution in [-0.2, 0) is 16.1 Å². The van der Waals surface area contributed by atoms with E-state index < -0.39 is 12.6 Å². The lowest BCUT2D eigenvalue weighted by molar-refractivity contribution is -0.139. The molecule has 0 atom stereocenters. The molecular formula is C14H21NO5. The minimum absolute atomic E-state index is 0.392. The van der Waals surface area contributed by atoms with Crippen LogP contribution in [0.4, 0.5) is 0 Å². The molecule has 1 aromatic rings. The van der Waals surface area contributed by atoms with Crippen molar-refractivity contribution < 1.29 is 24.1 Å². The summed E-state index contributed by atoms with van der Waals surface area (Å²) in [5, 5.41) is 12.0. The molecule has 1 rings (SSSR count). The molecule has 0 aromatic heterocycles. The number of nitrogens with one attached hydrogen (secondary N) is 1. The molecule has 112 valence electrons. The Labute approximate surface area is 118 Å². The van der Waals surface area contributed by atoms with Crippen LogP contribution in [0.5, 0.6) is 11.5 Å². The van der Waals surface area contributed by atoms with Crippen molar-refractivity contribution in [2.45, 2.75) is 13.0 Å². The standard InChI is InChI=1S/C14H21NO5/c1-18-8-4-7-15-9-11-5-3-6-12(19-2)14(11)20-10-13(16)17/h3,5-6,15H,4,7-10H2,1-2H3,(H,16,17). The number of carboxylic acids is 1. The van der Waals surface area contributed by atoms with Gasteiger partial charge in [-0.05, 0) is 19.0 Å². The van der Waals surface area contributed by atoms with Crippen LogP contribution in [0.25, 0.3) is 0 Å². The van der Waals surface area contributed by atoms with Gasteiger partial charge < -0.3 is 24.6 Å². The maximum atomic E-state index is 10.6. The second-order valence-corrected chi connectivity index (χ2v) is 4.15. The lowest BCUT2D eigenvalue weighted by Gasteiger charge is -2.14. The maximum absolute atomic E-state index is 10.6. The van der Waals surface area contributed by atoms with Gasteiger partial charge in [-0.1, -0.05) is 12.1 Å². The molecule has 0 heterocycles. The van der Waals surface area contributed by atoms with E-state index in [0.717, 1.165) is 18.5 Å². The third kappa shape index (κ3) is 5.46. The smallest absolute Gasteiger partial charge is 0.341 e. The first-order valence-electron chi connectivity index (χ1n) is 6.39. The van der Waals surface area contributed by atoms with E-state index in [4.69, 9.17) is 19.3 Å². The molecule has 0 radical (unpaired) electrons. The summed E-state index contributed by atoms with van der Waals surface area (Å²) in [5.41, 5.74) is 0.864. The number of carbonyl (C=O) groups is 1. The van der Waals surface area contributed by atoms with Gasteiger partial charge in [0.1, 0.15) is 0 Å². The highest BCUT2D eigenvalue weighted by Crippen LogP contribution is 2.30. The quantitative estimate of drug-likeness (QED) is 0.630. The molecule has 6 heteroatoms. The fourth-order valence-electron chi connectivity index (χ4n) is 1.72. The van der Waals surface area contributed by atoms with Crippen molar-refractivity contribution in [1.82, 2.24) is 5.32 Å². The first-order chi connectivity index (χ1) is 9.69. The van der Waals surface area contributed by atoms with Gasteiger partial charge in [0.15, 0.2) is 18.1 Å². The molecule has 1 aromatic carbocycles. The normalized spacial score (nSPS) is 10.3. The molecule has 0 fully saturated rings. The van der Waals surface area contributed by atoms with E-state index in [2.05, 4.69) is 5.32 Å². The van der Waals surface area contributed by atoms with Gasteiger partial charge in [-0.2, -0.15) is 0 Å². The maximum Gasteiger partial charge on any atom is 0.341 e. The van der Waals surface area contributed by atoms with Crippen LogP contribution in [0.2, 0.25) is 0 Å². The van der Waals surface area contributed by atoms with Crippen LogP contribution < -0.4 is 14.8 Å². The summed E-state index contributed by atoms with van der Waals surface area (Å²) in [6.07, 6.45) is 0.909. The van der Waals surface area contributed by atoms with Crippen molar-refractivity contribution in [2.24, 2.45) is 0 Å². The number of rotatable bonds is 10. The molecule has 0 aliphatic heterocycles. The predicted octanol–water partition coefficient (Wildman–Crippen LogP) is 1.28. The number of aliphatic carboxylic acids is 1. The van der Waals surface area contributed by atoms with Gasteiger partial charge in [0.2, 0.25) is 0 Å². The molecule has 0 amide bonds. The molecule has 6 nitrogen and oxygen atoms in total. The summed E-state index contributed by atoms with van der Waals surface area (Å²) in [5.74, 6) is -0.0195. The third-order valence-electron chi connectivity index (χ3n) is 2.64. The van der Waals surface area contributed by atoms with E-state index in [1.165, 1.54) is 7.11 Å². The largest absolute Gasteiger partial charge is 0.493 e. The average Bonchev–Trinajstić information content (AvgIpc) is 2.45. The van der Waals surface area contributed by atoms with Crippen LogP contribution in [0.3, 0.4) is 0 Å². The zero-order chi connectivity index (χ0) is 14.8. The van der Waals surface area contributed by atoms with Crippen LogP contribution in [-0.4, -0.2) is 45.1 Å². The fraction of sp³-hybridized carbons (Fsp3) is 0.500. The van der Waals surface area contributed by atoms with Gasteiger partial charge in [-0.15, -0.1) is 0 Å². The molecule has 0 bridgehead atoms. The molecule has 0 spiro atoms. The number of ether oxygens (including phenoxy) is 3. The summed E-state index contributed by atoms with van der Waals surface area (Å²) in [6, 6.07) is 5.47. The average molecular weight is 283 g/mol. The number of carboxylic acid groups (broad SMARTS) is 1. The Kier molecular flexibility index (Phi) is 7.46. The van der Waals surface area contributed by atoms with E-state index >= 15 is 0 Å². The fourth-order valence-corrected chi connectivity index (χ4v) is 1.72. The van der Waals surface area contributed by atoms with Crippen molar-refractivity contribution in [3.63, 3.8) is 0 Å². The van der Waals surface area contributed by atoms with Crippen LogP contribution in [0.1, 0.15) is 12.0 Å². The Morgan fingerprint density at radius 3 is 2.80 bits per heavy atom. The van der Waals surface area contributed by atoms with Crippen molar-refractivity contribution in [3.8, 4) is 11.5 Å². The van der Waals surface area contributed by atoms with Crippen molar-refractivity contribution in [3.05, 3.63) is 23.8 Å². The SMILES string of the molecule is COCCCNCc1cccc(OC)c1OCC(=O)O. The highest BCUT2D eigenvalue weighted by atomic mass is 16.5. The minimum Gasteiger partial charge on any atom is -0.493 e. The number of benzene rings is 1. The molecule has 0 aliphatic carbocycles. The van der Waals surface area contributed by atoms with Gasteiger partial charge in [-0.25, -0.2) is 4.79 Å². The molecule has 0 saturated heterocycles. The molecule has 2 N–H and O–H groups in total. The monoisotopic (exact) mass is 283 g/mol. The van der Waals surface area contributed by atoms with Crippen molar-refractivity contribution >= 4 is 5.97 Å². The topological polar surface area (TPSA) is 77.0 Å². The first kappa shape index (κ1) is 16.3. The molecular weight excluding hydrogens is 262 g/mol. The first-order valence-corrected chi connectivity index (χ1v) is 6.39. The number of hydrogen-bond donors (Lipinski definition) is 2. The summed E-state index contributed by atoms with van der Waals surface area (Å²) < 4.78 is 15.5. The summed E-state index contributed by atoms with van der Waals surface area (Å²) in [7, 11) is 3.19. The van der Waals surface area contributed by atoms with E-state index in [1.54, 1.807) is 13.2 Å². The van der Waals surface area contributed by atoms with E-state index in [1.807, 2.05) is 12.1 Å². The van der Waals surface area contributed by atoms with Gasteiger partial charge in [0.25, 0.3) is 0 Å². The molecule has 0 unspecified atom stereocenters. The van der Waals surface area contributed by atoms with E-state index in [-0.39, 0.29) is 0 Å². The lowest BCUT2D eigenvalue weighted by atomic mass is 10.2. The zero-order valence-electron chi connectivity index (χ0n) is 11.8. The molecule has 0 aliphatic rings. The predicted molar refractivity (Wildman–Crippen MR) is 74.3 cm³/mol. The highest BCUT2D eigenvalue weighted by Gasteiger charge is 2.11. The minimum atomic E-state index is -1.02. The Bertz CT molecular complexity index is 422. The van der Waals surface area contributed by atoms with E-state index in [0.29, 0.717) is 24.7 Å². The van der Waals surface area contributed by atoms with Gasteiger partial charge in [-0.3, -0.25) is 0 Å². The Morgan fingerprint density at radius 2 is 2.15 bits per heavy atom. The van der Waals surface area contributed by atoms with Gasteiger partial charge >= 0.3 is 5.97 Å². The summed E-state index contributed by atoms with van der Waals surface area (Å²) in [6.45, 7) is 1.70. The van der Waals surface area contributed by atoms with Crippen LogP contribution >= 0.6 is 0 Å². The van der Waals surface area contributed by atoms with Crippen molar-refractivity contribution in [1.29, 1.82) is 0 Å². The van der Waals surface area contributed by atoms with E-state index in [9.17, 15) is 4.79 Å². The van der Waals surface area contributed by atoms with Crippen LogP contribution in [0.15, 0.2) is 18.2 Å². The summed E-state index contributed by atoms with van der Waals surface area (Å²) in [4.78, 5) is 10.6. The number of methoxy groups -OCH3 is 2. The summed E-state index contributed by atoms with van der Waals surface area (Å²) >= 11 is 0. The van der Waals surface area contributed by atoms with Crippen LogP contribution in [0, 0.1) is 0 Å². The Balaban J connectivity index is 2.65. The second-order valence-electron chi connectivity index (χ2n) is 4.15. The number of para-hydroxylation sites is 1. The lowest BCUT2D eigenvalue weighted by Crippen LogP contribution is -2.18. The zero-order valence-corrected chi connectivity index (χ0v) is 11.8. The van der Waals surface area contributed by atoms with Gasteiger partial charge in [0, 0.05) is 25.8 Å². The Hall–Kier alpha value is -1.79.